The van der Waals surface area contributed by atoms with Gasteiger partial charge in [-0.2, -0.15) is 0 Å². The topological polar surface area (TPSA) is 63.3 Å². The highest BCUT2D eigenvalue weighted by atomic mass is 19.2. The molecule has 16 heavy (non-hydrogen) atoms. The van der Waals surface area contributed by atoms with Gasteiger partial charge in [0.1, 0.15) is 0 Å². The lowest BCUT2D eigenvalue weighted by atomic mass is 10.0. The first-order valence-electron chi connectivity index (χ1n) is 4.94. The molecule has 1 saturated carbocycles. The minimum atomic E-state index is -0.958. The Labute approximate surface area is 90.9 Å². The largest absolute Gasteiger partial charge is 0.481 e. The summed E-state index contributed by atoms with van der Waals surface area (Å²) in [6.07, 6.45) is 0.496. The minimum Gasteiger partial charge on any atom is -0.481 e. The van der Waals surface area contributed by atoms with E-state index in [1.165, 1.54) is 6.07 Å². The lowest BCUT2D eigenvalue weighted by Crippen LogP contribution is -2.16. The first-order chi connectivity index (χ1) is 7.50. The summed E-state index contributed by atoms with van der Waals surface area (Å²) in [5.41, 5.74) is 6.23. The molecule has 1 fully saturated rings. The Bertz CT molecular complexity index is 436. The Morgan fingerprint density at radius 2 is 2.12 bits per heavy atom. The van der Waals surface area contributed by atoms with Crippen molar-refractivity contribution in [3.05, 3.63) is 35.4 Å². The number of aliphatic carboxylic acids is 1. The molecule has 0 saturated heterocycles. The van der Waals surface area contributed by atoms with Crippen molar-refractivity contribution in [2.75, 3.05) is 0 Å². The fraction of sp³-hybridized carbons (Fsp3) is 0.364. The third-order valence-electron chi connectivity index (χ3n) is 2.95. The van der Waals surface area contributed by atoms with Crippen LogP contribution in [0.25, 0.3) is 0 Å². The predicted octanol–water partition coefficient (Wildman–Crippen LogP) is 1.69. The second kappa shape index (κ2) is 3.83. The van der Waals surface area contributed by atoms with Crippen molar-refractivity contribution in [1.82, 2.24) is 0 Å². The minimum absolute atomic E-state index is 0.178. The van der Waals surface area contributed by atoms with Gasteiger partial charge in [-0.05, 0) is 30.0 Å². The Balaban J connectivity index is 2.13. The lowest BCUT2D eigenvalue weighted by molar-refractivity contribution is -0.138. The van der Waals surface area contributed by atoms with E-state index in [1.54, 1.807) is 0 Å². The van der Waals surface area contributed by atoms with E-state index in [4.69, 9.17) is 10.8 Å². The standard InChI is InChI=1S/C11H11F2NO2/c12-8-2-1-5(3-9(8)13)10(14)6-4-7(6)11(15)16/h1-3,6-7,10H,4,14H2,(H,15,16). The summed E-state index contributed by atoms with van der Waals surface area (Å²) in [6, 6.07) is 2.87. The molecule has 3 unspecified atom stereocenters. The molecular formula is C11H11F2NO2. The number of nitrogens with two attached hydrogens (primary N) is 1. The Morgan fingerprint density at radius 3 is 2.62 bits per heavy atom. The Hall–Kier alpha value is -1.49. The van der Waals surface area contributed by atoms with Gasteiger partial charge < -0.3 is 10.8 Å². The molecule has 3 N–H and O–H groups in total. The van der Waals surface area contributed by atoms with Crippen LogP contribution in [-0.4, -0.2) is 11.1 Å². The van der Waals surface area contributed by atoms with Crippen LogP contribution in [0.15, 0.2) is 18.2 Å². The molecule has 1 aromatic carbocycles. The van der Waals surface area contributed by atoms with E-state index in [9.17, 15) is 13.6 Å². The maximum absolute atomic E-state index is 12.9. The third-order valence-corrected chi connectivity index (χ3v) is 2.95. The number of carbonyl (C=O) groups is 1. The van der Waals surface area contributed by atoms with Crippen molar-refractivity contribution in [3.8, 4) is 0 Å². The number of benzene rings is 1. The average molecular weight is 227 g/mol. The molecule has 0 amide bonds. The van der Waals surface area contributed by atoms with Crippen LogP contribution in [0.2, 0.25) is 0 Å². The van der Waals surface area contributed by atoms with E-state index in [0.29, 0.717) is 12.0 Å². The van der Waals surface area contributed by atoms with Gasteiger partial charge in [0, 0.05) is 6.04 Å². The second-order valence-corrected chi connectivity index (χ2v) is 4.04. The second-order valence-electron chi connectivity index (χ2n) is 4.04. The monoisotopic (exact) mass is 227 g/mol. The molecule has 5 heteroatoms. The average Bonchev–Trinajstić information content (AvgIpc) is 3.01. The normalized spacial score (nSPS) is 25.2. The lowest BCUT2D eigenvalue weighted by Gasteiger charge is -2.11. The molecule has 0 heterocycles. The molecule has 3 nitrogen and oxygen atoms in total. The summed E-state index contributed by atoms with van der Waals surface area (Å²) in [5.74, 6) is -3.41. The predicted molar refractivity (Wildman–Crippen MR) is 52.5 cm³/mol. The maximum atomic E-state index is 12.9. The van der Waals surface area contributed by atoms with Crippen LogP contribution in [0.5, 0.6) is 0 Å². The van der Waals surface area contributed by atoms with Gasteiger partial charge >= 0.3 is 5.97 Å². The summed E-state index contributed by atoms with van der Waals surface area (Å²) >= 11 is 0. The van der Waals surface area contributed by atoms with Gasteiger partial charge in [0.15, 0.2) is 11.6 Å². The smallest absolute Gasteiger partial charge is 0.306 e. The molecule has 2 rings (SSSR count). The van der Waals surface area contributed by atoms with Gasteiger partial charge in [0.25, 0.3) is 0 Å². The molecule has 0 spiro atoms. The Kier molecular flexibility index (Phi) is 2.63. The highest BCUT2D eigenvalue weighted by Crippen LogP contribution is 2.46. The number of hydrogen-bond donors (Lipinski definition) is 2. The zero-order valence-corrected chi connectivity index (χ0v) is 8.36. The number of carboxylic acid groups (broad SMARTS) is 1. The van der Waals surface area contributed by atoms with Crippen molar-refractivity contribution < 1.29 is 18.7 Å². The van der Waals surface area contributed by atoms with Crippen molar-refractivity contribution in [2.45, 2.75) is 12.5 Å². The SMILES string of the molecule is NC(c1ccc(F)c(F)c1)C1CC1C(=O)O. The first kappa shape index (κ1) is 11.0. The summed E-state index contributed by atoms with van der Waals surface area (Å²) in [6.45, 7) is 0. The third kappa shape index (κ3) is 1.90. The molecule has 1 aliphatic rings. The summed E-state index contributed by atoms with van der Waals surface area (Å²) in [5, 5.41) is 8.73. The highest BCUT2D eigenvalue weighted by molar-refractivity contribution is 5.73. The van der Waals surface area contributed by atoms with Crippen LogP contribution < -0.4 is 5.73 Å². The van der Waals surface area contributed by atoms with Gasteiger partial charge in [0.2, 0.25) is 0 Å². The fourth-order valence-electron chi connectivity index (χ4n) is 1.86. The van der Waals surface area contributed by atoms with Crippen LogP contribution in [0.1, 0.15) is 18.0 Å². The van der Waals surface area contributed by atoms with Crippen LogP contribution >= 0.6 is 0 Å². The van der Waals surface area contributed by atoms with E-state index in [0.717, 1.165) is 12.1 Å². The molecule has 0 radical (unpaired) electrons. The molecular weight excluding hydrogens is 216 g/mol. The van der Waals surface area contributed by atoms with Crippen LogP contribution in [0.4, 0.5) is 8.78 Å². The van der Waals surface area contributed by atoms with Gasteiger partial charge in [-0.3, -0.25) is 4.79 Å². The van der Waals surface area contributed by atoms with Crippen LogP contribution in [-0.2, 0) is 4.79 Å². The van der Waals surface area contributed by atoms with Gasteiger partial charge in [-0.15, -0.1) is 0 Å². The van der Waals surface area contributed by atoms with E-state index >= 15 is 0 Å². The number of carboxylic acids is 1. The van der Waals surface area contributed by atoms with Crippen molar-refractivity contribution >= 4 is 5.97 Å². The van der Waals surface area contributed by atoms with E-state index in [2.05, 4.69) is 0 Å². The molecule has 0 bridgehead atoms. The van der Waals surface area contributed by atoms with E-state index < -0.39 is 29.6 Å². The Morgan fingerprint density at radius 1 is 1.44 bits per heavy atom. The number of rotatable bonds is 3. The van der Waals surface area contributed by atoms with E-state index in [1.807, 2.05) is 0 Å². The number of hydrogen-bond acceptors (Lipinski definition) is 2. The van der Waals surface area contributed by atoms with Crippen molar-refractivity contribution in [3.63, 3.8) is 0 Å². The zero-order chi connectivity index (χ0) is 11.9. The van der Waals surface area contributed by atoms with Crippen LogP contribution in [0, 0.1) is 23.5 Å². The summed E-state index contributed by atoms with van der Waals surface area (Å²) in [7, 11) is 0. The summed E-state index contributed by atoms with van der Waals surface area (Å²) < 4.78 is 25.6. The van der Waals surface area contributed by atoms with Crippen molar-refractivity contribution in [2.24, 2.45) is 17.6 Å². The molecule has 1 aromatic rings. The molecule has 0 aromatic heterocycles. The zero-order valence-electron chi connectivity index (χ0n) is 8.36. The van der Waals surface area contributed by atoms with Gasteiger partial charge in [-0.25, -0.2) is 8.78 Å². The van der Waals surface area contributed by atoms with Crippen molar-refractivity contribution in [1.29, 1.82) is 0 Å². The molecule has 3 atom stereocenters. The highest BCUT2D eigenvalue weighted by Gasteiger charge is 2.47. The van der Waals surface area contributed by atoms with E-state index in [-0.39, 0.29) is 5.92 Å². The molecule has 0 aliphatic heterocycles. The van der Waals surface area contributed by atoms with Crippen LogP contribution in [0.3, 0.4) is 0 Å². The molecule has 1 aliphatic carbocycles. The number of halogens is 2. The molecule has 86 valence electrons. The quantitative estimate of drug-likeness (QED) is 0.825. The van der Waals surface area contributed by atoms with Gasteiger partial charge in [0.05, 0.1) is 5.92 Å². The first-order valence-corrected chi connectivity index (χ1v) is 4.94. The maximum Gasteiger partial charge on any atom is 0.306 e. The summed E-state index contributed by atoms with van der Waals surface area (Å²) in [4.78, 5) is 10.6. The van der Waals surface area contributed by atoms with Gasteiger partial charge in [-0.1, -0.05) is 6.07 Å². The fourth-order valence-corrected chi connectivity index (χ4v) is 1.86.